The standard InChI is InChI=1S/C20H22N2OS/c1-24-15-4-3-14-11-18(23)17(13-21)19(16(14)12-15)22-9-7-20(8-10-22)5-2-6-20/h3-4,12H,2,5-11H2,1H3. The molecule has 0 aromatic heterocycles. The first-order valence-corrected chi connectivity index (χ1v) is 9.98. The Labute approximate surface area is 147 Å². The van der Waals surface area contributed by atoms with Crippen molar-refractivity contribution in [2.45, 2.75) is 43.4 Å². The molecule has 2 fully saturated rings. The summed E-state index contributed by atoms with van der Waals surface area (Å²) in [6.07, 6.45) is 8.89. The molecule has 0 atom stereocenters. The monoisotopic (exact) mass is 338 g/mol. The summed E-state index contributed by atoms with van der Waals surface area (Å²) in [5, 5.41) is 9.61. The van der Waals surface area contributed by atoms with Crippen LogP contribution in [-0.4, -0.2) is 30.0 Å². The van der Waals surface area contributed by atoms with Crippen molar-refractivity contribution in [1.82, 2.24) is 4.90 Å². The summed E-state index contributed by atoms with van der Waals surface area (Å²) in [5.74, 6) is -0.0270. The maximum Gasteiger partial charge on any atom is 0.179 e. The summed E-state index contributed by atoms with van der Waals surface area (Å²) in [6, 6.07) is 8.50. The van der Waals surface area contributed by atoms with Crippen molar-refractivity contribution in [1.29, 1.82) is 5.26 Å². The highest BCUT2D eigenvalue weighted by Crippen LogP contribution is 2.50. The Bertz CT molecular complexity index is 760. The van der Waals surface area contributed by atoms with Crippen molar-refractivity contribution >= 4 is 23.2 Å². The Balaban J connectivity index is 1.73. The second-order valence-corrected chi connectivity index (χ2v) is 8.18. The van der Waals surface area contributed by atoms with E-state index in [2.05, 4.69) is 35.4 Å². The zero-order valence-electron chi connectivity index (χ0n) is 14.1. The van der Waals surface area contributed by atoms with E-state index in [1.807, 2.05) is 0 Å². The second kappa shape index (κ2) is 5.97. The van der Waals surface area contributed by atoms with E-state index in [4.69, 9.17) is 0 Å². The smallest absolute Gasteiger partial charge is 0.179 e. The maximum atomic E-state index is 12.5. The fraction of sp³-hybridized carbons (Fsp3) is 0.500. The number of hydrogen-bond acceptors (Lipinski definition) is 4. The van der Waals surface area contributed by atoms with Gasteiger partial charge in [-0.05, 0) is 55.1 Å². The lowest BCUT2D eigenvalue weighted by atomic mass is 9.63. The fourth-order valence-corrected chi connectivity index (χ4v) is 4.85. The lowest BCUT2D eigenvalue weighted by Gasteiger charge is -2.49. The van der Waals surface area contributed by atoms with Crippen LogP contribution in [0.4, 0.5) is 0 Å². The predicted octanol–water partition coefficient (Wildman–Crippen LogP) is 4.03. The number of nitriles is 1. The number of rotatable bonds is 2. The number of carbonyl (C=O) groups excluding carboxylic acids is 1. The summed E-state index contributed by atoms with van der Waals surface area (Å²) in [7, 11) is 0. The third-order valence-corrected chi connectivity index (χ3v) is 6.83. The zero-order valence-corrected chi connectivity index (χ0v) is 14.9. The molecule has 1 spiro atoms. The van der Waals surface area contributed by atoms with Gasteiger partial charge in [0.15, 0.2) is 5.78 Å². The molecule has 3 aliphatic rings. The van der Waals surface area contributed by atoms with E-state index in [0.717, 1.165) is 29.9 Å². The summed E-state index contributed by atoms with van der Waals surface area (Å²) in [6.45, 7) is 1.94. The molecule has 0 radical (unpaired) electrons. The van der Waals surface area contributed by atoms with Gasteiger partial charge in [0.1, 0.15) is 11.6 Å². The van der Waals surface area contributed by atoms with Gasteiger partial charge in [-0.15, -0.1) is 11.8 Å². The lowest BCUT2D eigenvalue weighted by molar-refractivity contribution is -0.114. The van der Waals surface area contributed by atoms with Crippen LogP contribution in [0.5, 0.6) is 0 Å². The Morgan fingerprint density at radius 2 is 1.96 bits per heavy atom. The minimum atomic E-state index is -0.0270. The van der Waals surface area contributed by atoms with Gasteiger partial charge in [-0.3, -0.25) is 4.79 Å². The molecule has 0 unspecified atom stereocenters. The molecule has 0 bridgehead atoms. The van der Waals surface area contributed by atoms with E-state index in [0.29, 0.717) is 17.4 Å². The molecule has 2 aliphatic carbocycles. The van der Waals surface area contributed by atoms with Gasteiger partial charge in [0, 0.05) is 30.0 Å². The Hall–Kier alpha value is -1.73. The minimum Gasteiger partial charge on any atom is -0.370 e. The third kappa shape index (κ3) is 2.46. The van der Waals surface area contributed by atoms with Gasteiger partial charge in [0.2, 0.25) is 0 Å². The number of thioether (sulfide) groups is 1. The zero-order chi connectivity index (χ0) is 16.7. The molecular weight excluding hydrogens is 316 g/mol. The average Bonchev–Trinajstić information content (AvgIpc) is 2.59. The van der Waals surface area contributed by atoms with E-state index in [1.54, 1.807) is 11.8 Å². The summed E-state index contributed by atoms with van der Waals surface area (Å²) < 4.78 is 0. The van der Waals surface area contributed by atoms with E-state index >= 15 is 0 Å². The fourth-order valence-electron chi connectivity index (χ4n) is 4.41. The Kier molecular flexibility index (Phi) is 3.92. The van der Waals surface area contributed by atoms with Crippen LogP contribution < -0.4 is 0 Å². The number of likely N-dealkylation sites (tertiary alicyclic amines) is 1. The van der Waals surface area contributed by atoms with Crippen LogP contribution in [-0.2, 0) is 11.2 Å². The first-order chi connectivity index (χ1) is 11.7. The third-order valence-electron chi connectivity index (χ3n) is 6.11. The number of piperidine rings is 1. The number of fused-ring (bicyclic) bond motifs is 1. The van der Waals surface area contributed by atoms with Crippen molar-refractivity contribution in [2.75, 3.05) is 19.3 Å². The van der Waals surface area contributed by atoms with Gasteiger partial charge in [0.25, 0.3) is 0 Å². The van der Waals surface area contributed by atoms with Crippen LogP contribution in [0.3, 0.4) is 0 Å². The van der Waals surface area contributed by atoms with Gasteiger partial charge < -0.3 is 4.90 Å². The Morgan fingerprint density at radius 1 is 1.21 bits per heavy atom. The summed E-state index contributed by atoms with van der Waals surface area (Å²) in [4.78, 5) is 16.0. The molecule has 3 nitrogen and oxygen atoms in total. The molecule has 1 aliphatic heterocycles. The van der Waals surface area contributed by atoms with Crippen molar-refractivity contribution in [2.24, 2.45) is 5.41 Å². The highest BCUT2D eigenvalue weighted by atomic mass is 32.2. The first kappa shape index (κ1) is 15.8. The molecular formula is C20H22N2OS. The van der Waals surface area contributed by atoms with E-state index in [1.165, 1.54) is 37.0 Å². The van der Waals surface area contributed by atoms with Crippen molar-refractivity contribution < 1.29 is 4.79 Å². The quantitative estimate of drug-likeness (QED) is 0.764. The van der Waals surface area contributed by atoms with Gasteiger partial charge >= 0.3 is 0 Å². The van der Waals surface area contributed by atoms with Crippen molar-refractivity contribution in [3.8, 4) is 6.07 Å². The SMILES string of the molecule is CSc1ccc2c(c1)C(N1CCC3(CCC3)CC1)=C(C#N)C(=O)C2. The normalized spacial score (nSPS) is 22.2. The van der Waals surface area contributed by atoms with Crippen LogP contribution in [0, 0.1) is 16.7 Å². The van der Waals surface area contributed by atoms with Crippen LogP contribution in [0.1, 0.15) is 43.2 Å². The Morgan fingerprint density at radius 3 is 2.54 bits per heavy atom. The predicted molar refractivity (Wildman–Crippen MR) is 96.6 cm³/mol. The topological polar surface area (TPSA) is 44.1 Å². The molecule has 1 aromatic rings. The lowest BCUT2D eigenvalue weighted by Crippen LogP contribution is -2.43. The van der Waals surface area contributed by atoms with E-state index in [9.17, 15) is 10.1 Å². The highest BCUT2D eigenvalue weighted by Gasteiger charge is 2.41. The highest BCUT2D eigenvalue weighted by molar-refractivity contribution is 7.98. The number of Topliss-reactive ketones (excluding diaryl/α,β-unsaturated/α-hetero) is 1. The van der Waals surface area contributed by atoms with Gasteiger partial charge in [-0.1, -0.05) is 12.5 Å². The van der Waals surface area contributed by atoms with Crippen LogP contribution in [0.2, 0.25) is 0 Å². The van der Waals surface area contributed by atoms with Crippen molar-refractivity contribution in [3.05, 3.63) is 34.9 Å². The van der Waals surface area contributed by atoms with Crippen molar-refractivity contribution in [3.63, 3.8) is 0 Å². The molecule has 1 heterocycles. The molecule has 124 valence electrons. The molecule has 24 heavy (non-hydrogen) atoms. The average molecular weight is 338 g/mol. The van der Waals surface area contributed by atoms with Gasteiger partial charge in [-0.2, -0.15) is 5.26 Å². The molecule has 0 amide bonds. The number of ketones is 1. The van der Waals surface area contributed by atoms with Crippen LogP contribution >= 0.6 is 11.8 Å². The number of carbonyl (C=O) groups is 1. The molecule has 1 aromatic carbocycles. The largest absolute Gasteiger partial charge is 0.370 e. The minimum absolute atomic E-state index is 0.0270. The van der Waals surface area contributed by atoms with Crippen LogP contribution in [0.25, 0.3) is 5.70 Å². The molecule has 0 N–H and O–H groups in total. The van der Waals surface area contributed by atoms with Gasteiger partial charge in [0.05, 0.1) is 5.70 Å². The number of nitrogens with zero attached hydrogens (tertiary/aromatic N) is 2. The van der Waals surface area contributed by atoms with Crippen LogP contribution in [0.15, 0.2) is 28.7 Å². The summed E-state index contributed by atoms with van der Waals surface area (Å²) >= 11 is 1.70. The molecule has 1 saturated heterocycles. The molecule has 4 rings (SSSR count). The van der Waals surface area contributed by atoms with Gasteiger partial charge in [-0.25, -0.2) is 0 Å². The maximum absolute atomic E-state index is 12.5. The first-order valence-electron chi connectivity index (χ1n) is 8.76. The number of benzene rings is 1. The molecule has 4 heteroatoms. The number of hydrogen-bond donors (Lipinski definition) is 0. The van der Waals surface area contributed by atoms with E-state index < -0.39 is 0 Å². The van der Waals surface area contributed by atoms with E-state index in [-0.39, 0.29) is 5.78 Å². The number of allylic oxidation sites excluding steroid dienone is 1. The second-order valence-electron chi connectivity index (χ2n) is 7.30. The molecule has 1 saturated carbocycles. The summed E-state index contributed by atoms with van der Waals surface area (Å²) in [5.41, 5.74) is 3.99.